The van der Waals surface area contributed by atoms with Gasteiger partial charge in [-0.15, -0.1) is 0 Å². The molecule has 0 heterocycles. The normalized spacial score (nSPS) is 11.7. The molecule has 30 heavy (non-hydrogen) atoms. The molecule has 0 saturated heterocycles. The maximum Gasteiger partial charge on any atom is 0.309 e. The first-order chi connectivity index (χ1) is 14.5. The third-order valence-corrected chi connectivity index (χ3v) is 6.52. The van der Waals surface area contributed by atoms with Gasteiger partial charge in [-0.3, -0.25) is 9.59 Å². The van der Waals surface area contributed by atoms with Gasteiger partial charge in [0.2, 0.25) is 0 Å². The van der Waals surface area contributed by atoms with Crippen molar-refractivity contribution in [2.45, 2.75) is 149 Å². The lowest BCUT2D eigenvalue weighted by Crippen LogP contribution is -2.31. The second-order valence-corrected chi connectivity index (χ2v) is 9.28. The molecule has 0 unspecified atom stereocenters. The van der Waals surface area contributed by atoms with E-state index in [1.54, 1.807) is 0 Å². The summed E-state index contributed by atoms with van der Waals surface area (Å²) in [5.74, 6) is -1.24. The molecule has 0 aromatic heterocycles. The Bertz CT molecular complexity index is 411. The molecule has 0 bridgehead atoms. The summed E-state index contributed by atoms with van der Waals surface area (Å²) < 4.78 is 0. The predicted octanol–water partition coefficient (Wildman–Crippen LogP) is 8.37. The van der Waals surface area contributed by atoms with Gasteiger partial charge in [0.15, 0.2) is 0 Å². The summed E-state index contributed by atoms with van der Waals surface area (Å²) in [5.41, 5.74) is -0.473. The minimum Gasteiger partial charge on any atom is -0.481 e. The van der Waals surface area contributed by atoms with Crippen LogP contribution in [0.4, 0.5) is 0 Å². The summed E-state index contributed by atoms with van der Waals surface area (Å²) in [6.07, 6.45) is 22.6. The highest BCUT2D eigenvalue weighted by molar-refractivity contribution is 5.74. The molecule has 0 amide bonds. The van der Waals surface area contributed by atoms with Crippen LogP contribution in [0.3, 0.4) is 0 Å². The van der Waals surface area contributed by atoms with E-state index in [4.69, 9.17) is 5.11 Å². The van der Waals surface area contributed by atoms with E-state index in [9.17, 15) is 14.7 Å². The van der Waals surface area contributed by atoms with Crippen LogP contribution in [-0.4, -0.2) is 22.2 Å². The monoisotopic (exact) mass is 426 g/mol. The number of carboxylic acid groups (broad SMARTS) is 2. The third-order valence-electron chi connectivity index (χ3n) is 6.52. The average molecular weight is 427 g/mol. The van der Waals surface area contributed by atoms with Gasteiger partial charge in [-0.2, -0.15) is 0 Å². The van der Waals surface area contributed by atoms with Crippen LogP contribution in [0.1, 0.15) is 149 Å². The Balaban J connectivity index is 3.69. The molecular weight excluding hydrogens is 376 g/mol. The lowest BCUT2D eigenvalue weighted by atomic mass is 9.74. The highest BCUT2D eigenvalue weighted by Gasteiger charge is 2.36. The molecule has 0 aliphatic rings. The summed E-state index contributed by atoms with van der Waals surface area (Å²) in [4.78, 5) is 22.4. The second kappa shape index (κ2) is 19.9. The molecule has 0 aliphatic carbocycles. The Kier molecular flexibility index (Phi) is 19.2. The maximum atomic E-state index is 12.0. The van der Waals surface area contributed by atoms with E-state index >= 15 is 0 Å². The molecule has 0 aromatic rings. The average Bonchev–Trinajstić information content (AvgIpc) is 2.72. The van der Waals surface area contributed by atoms with Crippen LogP contribution in [0.2, 0.25) is 0 Å². The van der Waals surface area contributed by atoms with Gasteiger partial charge in [-0.05, 0) is 25.7 Å². The third kappa shape index (κ3) is 15.7. The molecule has 2 N–H and O–H groups in total. The van der Waals surface area contributed by atoms with Crippen LogP contribution in [0.25, 0.3) is 0 Å². The molecule has 0 saturated carbocycles. The van der Waals surface area contributed by atoms with Crippen molar-refractivity contribution < 1.29 is 19.8 Å². The summed E-state index contributed by atoms with van der Waals surface area (Å²) in [5, 5.41) is 18.5. The topological polar surface area (TPSA) is 74.6 Å². The van der Waals surface area contributed by atoms with Gasteiger partial charge in [0.1, 0.15) is 0 Å². The predicted molar refractivity (Wildman–Crippen MR) is 126 cm³/mol. The van der Waals surface area contributed by atoms with Gasteiger partial charge >= 0.3 is 11.9 Å². The molecule has 0 radical (unpaired) electrons. The number of carboxylic acids is 2. The fourth-order valence-electron chi connectivity index (χ4n) is 4.41. The first-order valence-electron chi connectivity index (χ1n) is 12.9. The molecular formula is C26H50O4. The molecule has 4 nitrogen and oxygen atoms in total. The van der Waals surface area contributed by atoms with Crippen molar-refractivity contribution in [3.8, 4) is 0 Å². The number of hydrogen-bond donors (Lipinski definition) is 2. The highest BCUT2D eigenvalue weighted by Crippen LogP contribution is 2.37. The molecule has 0 fully saturated rings. The van der Waals surface area contributed by atoms with Crippen molar-refractivity contribution in [1.29, 1.82) is 0 Å². The van der Waals surface area contributed by atoms with Crippen molar-refractivity contribution in [2.24, 2.45) is 5.41 Å². The number of hydrogen-bond acceptors (Lipinski definition) is 2. The minimum absolute atomic E-state index is 0.314. The van der Waals surface area contributed by atoms with Crippen LogP contribution in [0.15, 0.2) is 0 Å². The van der Waals surface area contributed by atoms with Crippen molar-refractivity contribution in [3.05, 3.63) is 0 Å². The minimum atomic E-state index is -0.677. The zero-order valence-corrected chi connectivity index (χ0v) is 20.1. The molecule has 0 aromatic carbocycles. The fraction of sp³-hybridized carbons (Fsp3) is 0.923. The van der Waals surface area contributed by atoms with E-state index < -0.39 is 17.4 Å². The molecule has 0 aliphatic heterocycles. The van der Waals surface area contributed by atoms with Gasteiger partial charge in [-0.25, -0.2) is 0 Å². The number of rotatable bonds is 23. The zero-order valence-electron chi connectivity index (χ0n) is 20.1. The maximum absolute atomic E-state index is 12.0. The van der Waals surface area contributed by atoms with Gasteiger partial charge in [0.25, 0.3) is 0 Å². The lowest BCUT2D eigenvalue weighted by molar-refractivity contribution is -0.150. The Morgan fingerprint density at radius 2 is 0.867 bits per heavy atom. The second-order valence-electron chi connectivity index (χ2n) is 9.28. The Morgan fingerprint density at radius 3 is 1.20 bits per heavy atom. The van der Waals surface area contributed by atoms with E-state index in [1.807, 2.05) is 0 Å². The number of unbranched alkanes of at least 4 members (excludes halogenated alkanes) is 14. The summed E-state index contributed by atoms with van der Waals surface area (Å²) >= 11 is 0. The van der Waals surface area contributed by atoms with Gasteiger partial charge in [0.05, 0.1) is 5.41 Å². The van der Waals surface area contributed by atoms with Crippen LogP contribution >= 0.6 is 0 Å². The quantitative estimate of drug-likeness (QED) is 0.161. The summed E-state index contributed by atoms with van der Waals surface area (Å²) in [6, 6.07) is 0. The van der Waals surface area contributed by atoms with Crippen LogP contribution in [0, 0.1) is 5.41 Å². The van der Waals surface area contributed by atoms with Crippen LogP contribution < -0.4 is 0 Å². The Morgan fingerprint density at radius 1 is 0.533 bits per heavy atom. The summed E-state index contributed by atoms with van der Waals surface area (Å²) in [6.45, 7) is 4.30. The Hall–Kier alpha value is -1.06. The fourth-order valence-corrected chi connectivity index (χ4v) is 4.41. The standard InChI is InChI=1S/C26H50O4/c1-3-5-21-26(25(29)30,22-6-4-2)23-19-17-15-13-11-9-7-8-10-12-14-16-18-20-24(27)28/h3-23H2,1-2H3,(H,27,28)(H,29,30). The smallest absolute Gasteiger partial charge is 0.309 e. The molecule has 0 rings (SSSR count). The Labute approximate surface area is 186 Å². The summed E-state index contributed by atoms with van der Waals surface area (Å²) in [7, 11) is 0. The van der Waals surface area contributed by atoms with E-state index in [1.165, 1.54) is 64.2 Å². The van der Waals surface area contributed by atoms with E-state index in [0.29, 0.717) is 6.42 Å². The van der Waals surface area contributed by atoms with Crippen LogP contribution in [-0.2, 0) is 9.59 Å². The molecule has 178 valence electrons. The molecule has 0 atom stereocenters. The SMILES string of the molecule is CCCCC(CCCC)(CCCCCCCCCCCCCCCC(=O)O)C(=O)O. The van der Waals surface area contributed by atoms with E-state index in [2.05, 4.69) is 13.8 Å². The van der Waals surface area contributed by atoms with E-state index in [-0.39, 0.29) is 0 Å². The number of aliphatic carboxylic acids is 2. The number of carbonyl (C=O) groups is 2. The first kappa shape index (κ1) is 28.9. The van der Waals surface area contributed by atoms with Crippen molar-refractivity contribution in [3.63, 3.8) is 0 Å². The highest BCUT2D eigenvalue weighted by atomic mass is 16.4. The van der Waals surface area contributed by atoms with Crippen molar-refractivity contribution >= 4 is 11.9 Å². The largest absolute Gasteiger partial charge is 0.481 e. The van der Waals surface area contributed by atoms with Crippen LogP contribution in [0.5, 0.6) is 0 Å². The van der Waals surface area contributed by atoms with Gasteiger partial charge < -0.3 is 10.2 Å². The van der Waals surface area contributed by atoms with Crippen molar-refractivity contribution in [2.75, 3.05) is 0 Å². The lowest BCUT2D eigenvalue weighted by Gasteiger charge is -2.29. The molecule has 0 spiro atoms. The van der Waals surface area contributed by atoms with Crippen molar-refractivity contribution in [1.82, 2.24) is 0 Å². The van der Waals surface area contributed by atoms with Gasteiger partial charge in [-0.1, -0.05) is 117 Å². The zero-order chi connectivity index (χ0) is 22.5. The van der Waals surface area contributed by atoms with Gasteiger partial charge in [0, 0.05) is 6.42 Å². The molecule has 4 heteroatoms. The van der Waals surface area contributed by atoms with E-state index in [0.717, 1.165) is 64.2 Å². The first-order valence-corrected chi connectivity index (χ1v) is 12.9.